The summed E-state index contributed by atoms with van der Waals surface area (Å²) < 4.78 is 5.41. The Morgan fingerprint density at radius 3 is 2.81 bits per heavy atom. The lowest BCUT2D eigenvalue weighted by atomic mass is 10.1. The fraction of sp³-hybridized carbons (Fsp3) is 0.211. The molecule has 2 aromatic heterocycles. The maximum Gasteiger partial charge on any atom is 0.265 e. The quantitative estimate of drug-likeness (QED) is 0.616. The van der Waals surface area contributed by atoms with E-state index in [0.29, 0.717) is 16.3 Å². The summed E-state index contributed by atoms with van der Waals surface area (Å²) in [5.74, 6) is 0.581. The van der Waals surface area contributed by atoms with Crippen molar-refractivity contribution in [3.63, 3.8) is 0 Å². The van der Waals surface area contributed by atoms with E-state index in [2.05, 4.69) is 15.5 Å². The second kappa shape index (κ2) is 7.23. The van der Waals surface area contributed by atoms with E-state index >= 15 is 0 Å². The van der Waals surface area contributed by atoms with Gasteiger partial charge in [0.25, 0.3) is 5.91 Å². The number of benzene rings is 1. The first kappa shape index (κ1) is 16.7. The number of anilines is 3. The predicted molar refractivity (Wildman–Crippen MR) is 106 cm³/mol. The van der Waals surface area contributed by atoms with Gasteiger partial charge >= 0.3 is 0 Å². The number of rotatable bonds is 4. The molecule has 1 amide bonds. The van der Waals surface area contributed by atoms with Gasteiger partial charge in [-0.1, -0.05) is 0 Å². The number of nitrogen functional groups attached to an aromatic ring is 1. The normalized spacial score (nSPS) is 14.4. The van der Waals surface area contributed by atoms with Gasteiger partial charge in [0, 0.05) is 31.7 Å². The van der Waals surface area contributed by atoms with E-state index < -0.39 is 0 Å². The number of amides is 1. The summed E-state index contributed by atoms with van der Waals surface area (Å²) in [5, 5.41) is 7.37. The number of nitrogens with zero attached hydrogens (tertiary/aromatic N) is 1. The van der Waals surface area contributed by atoms with Crippen molar-refractivity contribution in [2.24, 2.45) is 0 Å². The highest BCUT2D eigenvalue weighted by molar-refractivity contribution is 7.18. The van der Waals surface area contributed by atoms with Crippen LogP contribution in [-0.4, -0.2) is 32.1 Å². The number of hydrogen-bond donors (Lipinski definition) is 3. The highest BCUT2D eigenvalue weighted by Crippen LogP contribution is 2.30. The number of nitrogens with two attached hydrogens (primary N) is 1. The summed E-state index contributed by atoms with van der Waals surface area (Å²) in [6.45, 7) is 3.85. The summed E-state index contributed by atoms with van der Waals surface area (Å²) >= 11 is 1.50. The molecule has 1 aromatic carbocycles. The molecule has 134 valence electrons. The van der Waals surface area contributed by atoms with Crippen LogP contribution in [0.2, 0.25) is 0 Å². The van der Waals surface area contributed by atoms with Crippen molar-refractivity contribution in [2.45, 2.75) is 0 Å². The first-order valence-corrected chi connectivity index (χ1v) is 9.32. The highest BCUT2D eigenvalue weighted by atomic mass is 32.1. The summed E-state index contributed by atoms with van der Waals surface area (Å²) in [6, 6.07) is 13.0. The molecule has 0 atom stereocenters. The Hall–Kier alpha value is -2.77. The molecule has 3 heterocycles. The Labute approximate surface area is 155 Å². The van der Waals surface area contributed by atoms with Crippen LogP contribution in [-0.2, 0) is 0 Å². The van der Waals surface area contributed by atoms with Crippen LogP contribution >= 0.6 is 11.3 Å². The fourth-order valence-electron chi connectivity index (χ4n) is 2.95. The summed E-state index contributed by atoms with van der Waals surface area (Å²) in [4.78, 5) is 15.6. The van der Waals surface area contributed by atoms with Gasteiger partial charge in [-0.2, -0.15) is 0 Å². The molecular weight excluding hydrogens is 348 g/mol. The van der Waals surface area contributed by atoms with E-state index in [9.17, 15) is 4.79 Å². The van der Waals surface area contributed by atoms with Crippen LogP contribution in [0.4, 0.5) is 16.4 Å². The number of nitrogens with one attached hydrogen (secondary N) is 2. The first-order valence-electron chi connectivity index (χ1n) is 8.51. The Morgan fingerprint density at radius 1 is 1.19 bits per heavy atom. The van der Waals surface area contributed by atoms with Gasteiger partial charge in [-0.25, -0.2) is 0 Å². The van der Waals surface area contributed by atoms with Gasteiger partial charge in [-0.05, 0) is 42.5 Å². The average molecular weight is 368 g/mol. The zero-order chi connectivity index (χ0) is 17.9. The van der Waals surface area contributed by atoms with Crippen molar-refractivity contribution < 1.29 is 9.21 Å². The molecule has 0 aliphatic carbocycles. The molecule has 6 nitrogen and oxygen atoms in total. The highest BCUT2D eigenvalue weighted by Gasteiger charge is 2.16. The van der Waals surface area contributed by atoms with Crippen LogP contribution in [0, 0.1) is 0 Å². The first-order chi connectivity index (χ1) is 12.7. The molecule has 3 aromatic rings. The smallest absolute Gasteiger partial charge is 0.265 e. The second-order valence-corrected chi connectivity index (χ2v) is 7.17. The number of hydrogen-bond acceptors (Lipinski definition) is 6. The molecule has 7 heteroatoms. The van der Waals surface area contributed by atoms with Crippen LogP contribution < -0.4 is 21.3 Å². The molecule has 1 saturated heterocycles. The lowest BCUT2D eigenvalue weighted by Crippen LogP contribution is -2.43. The molecule has 1 aliphatic rings. The average Bonchev–Trinajstić information content (AvgIpc) is 3.36. The van der Waals surface area contributed by atoms with Crippen molar-refractivity contribution in [1.82, 2.24) is 5.32 Å². The zero-order valence-electron chi connectivity index (χ0n) is 14.2. The third-order valence-electron chi connectivity index (χ3n) is 4.35. The van der Waals surface area contributed by atoms with Crippen LogP contribution in [0.1, 0.15) is 9.67 Å². The van der Waals surface area contributed by atoms with E-state index in [1.165, 1.54) is 11.3 Å². The number of carbonyl (C=O) groups excluding carboxylic acids is 1. The van der Waals surface area contributed by atoms with E-state index in [1.807, 2.05) is 36.4 Å². The summed E-state index contributed by atoms with van der Waals surface area (Å²) in [5.41, 5.74) is 8.01. The number of thiophene rings is 1. The van der Waals surface area contributed by atoms with Gasteiger partial charge in [-0.3, -0.25) is 4.79 Å². The predicted octanol–water partition coefficient (Wildman–Crippen LogP) is 3.25. The van der Waals surface area contributed by atoms with Crippen molar-refractivity contribution in [1.29, 1.82) is 0 Å². The molecular formula is C19H20N4O2S. The molecule has 0 bridgehead atoms. The number of piperazine rings is 1. The van der Waals surface area contributed by atoms with Gasteiger partial charge in [-0.15, -0.1) is 11.3 Å². The van der Waals surface area contributed by atoms with Crippen molar-refractivity contribution in [2.75, 3.05) is 42.1 Å². The third-order valence-corrected chi connectivity index (χ3v) is 5.50. The van der Waals surface area contributed by atoms with Gasteiger partial charge in [0.2, 0.25) is 0 Å². The standard InChI is InChI=1S/C19H20N4O2S/c20-14-4-3-13(16-2-1-11-25-16)12-15(14)22-19(24)17-5-6-18(26-17)23-9-7-21-8-10-23/h1-6,11-12,21H,7-10,20H2,(H,22,24). The minimum absolute atomic E-state index is 0.153. The summed E-state index contributed by atoms with van der Waals surface area (Å²) in [6.07, 6.45) is 1.62. The maximum atomic E-state index is 12.6. The van der Waals surface area contributed by atoms with Gasteiger partial charge in [0.15, 0.2) is 0 Å². The molecule has 1 aliphatic heterocycles. The molecule has 0 radical (unpaired) electrons. The fourth-order valence-corrected chi connectivity index (χ4v) is 3.90. The second-order valence-electron chi connectivity index (χ2n) is 6.11. The van der Waals surface area contributed by atoms with Crippen molar-refractivity contribution >= 4 is 33.6 Å². The minimum atomic E-state index is -0.153. The molecule has 0 unspecified atom stereocenters. The van der Waals surface area contributed by atoms with E-state index in [-0.39, 0.29) is 5.91 Å². The van der Waals surface area contributed by atoms with Crippen molar-refractivity contribution in [3.8, 4) is 11.3 Å². The molecule has 4 N–H and O–H groups in total. The van der Waals surface area contributed by atoms with Crippen LogP contribution in [0.5, 0.6) is 0 Å². The summed E-state index contributed by atoms with van der Waals surface area (Å²) in [7, 11) is 0. The maximum absolute atomic E-state index is 12.6. The Kier molecular flexibility index (Phi) is 4.64. The lowest BCUT2D eigenvalue weighted by Gasteiger charge is -2.27. The van der Waals surface area contributed by atoms with E-state index in [0.717, 1.165) is 42.5 Å². The third kappa shape index (κ3) is 3.44. The lowest BCUT2D eigenvalue weighted by molar-refractivity contribution is 0.103. The Balaban J connectivity index is 1.51. The molecule has 0 saturated carbocycles. The Morgan fingerprint density at radius 2 is 2.04 bits per heavy atom. The van der Waals surface area contributed by atoms with Gasteiger partial charge in [0.05, 0.1) is 27.5 Å². The molecule has 26 heavy (non-hydrogen) atoms. The number of furan rings is 1. The molecule has 1 fully saturated rings. The molecule has 4 rings (SSSR count). The number of carbonyl (C=O) groups is 1. The molecule has 0 spiro atoms. The zero-order valence-corrected chi connectivity index (χ0v) is 15.0. The van der Waals surface area contributed by atoms with Crippen molar-refractivity contribution in [3.05, 3.63) is 53.6 Å². The largest absolute Gasteiger partial charge is 0.464 e. The van der Waals surface area contributed by atoms with Crippen LogP contribution in [0.15, 0.2) is 53.1 Å². The monoisotopic (exact) mass is 368 g/mol. The van der Waals surface area contributed by atoms with Crippen LogP contribution in [0.25, 0.3) is 11.3 Å². The topological polar surface area (TPSA) is 83.5 Å². The SMILES string of the molecule is Nc1ccc(-c2ccco2)cc1NC(=O)c1ccc(N2CCNCC2)s1. The van der Waals surface area contributed by atoms with E-state index in [1.54, 1.807) is 12.3 Å². The van der Waals surface area contributed by atoms with E-state index in [4.69, 9.17) is 10.2 Å². The van der Waals surface area contributed by atoms with Crippen LogP contribution in [0.3, 0.4) is 0 Å². The van der Waals surface area contributed by atoms with Gasteiger partial charge in [0.1, 0.15) is 5.76 Å². The minimum Gasteiger partial charge on any atom is -0.464 e. The Bertz CT molecular complexity index is 898. The van der Waals surface area contributed by atoms with Gasteiger partial charge < -0.3 is 25.7 Å².